The van der Waals surface area contributed by atoms with Crippen molar-refractivity contribution in [1.29, 1.82) is 0 Å². The van der Waals surface area contributed by atoms with E-state index >= 15 is 0 Å². The highest BCUT2D eigenvalue weighted by atomic mass is 16.5. The summed E-state index contributed by atoms with van der Waals surface area (Å²) in [6, 6.07) is 0. The van der Waals surface area contributed by atoms with Crippen LogP contribution in [0.3, 0.4) is 0 Å². The molecule has 0 atom stereocenters. The maximum Gasteiger partial charge on any atom is 0.313 e. The molecular formula is C16H24O6. The van der Waals surface area contributed by atoms with E-state index in [1.807, 2.05) is 0 Å². The third kappa shape index (κ3) is 7.24. The highest BCUT2D eigenvalue weighted by molar-refractivity contribution is 5.95. The molecule has 6 heteroatoms. The average Bonchev–Trinajstić information content (AvgIpc) is 2.34. The second-order valence-electron chi connectivity index (χ2n) is 5.68. The second kappa shape index (κ2) is 9.23. The molecule has 0 spiro atoms. The van der Waals surface area contributed by atoms with E-state index in [4.69, 9.17) is 4.74 Å². The van der Waals surface area contributed by atoms with Crippen molar-refractivity contribution in [3.05, 3.63) is 0 Å². The van der Waals surface area contributed by atoms with Crippen molar-refractivity contribution >= 4 is 29.1 Å². The number of hydrogen-bond acceptors (Lipinski definition) is 6. The number of carbonyl (C=O) groups excluding carboxylic acids is 5. The van der Waals surface area contributed by atoms with Gasteiger partial charge in [0.25, 0.3) is 0 Å². The van der Waals surface area contributed by atoms with Gasteiger partial charge in [0.05, 0.1) is 12.0 Å². The predicted octanol–water partition coefficient (Wildman–Crippen LogP) is 1.82. The first kappa shape index (κ1) is 20.1. The molecule has 0 aliphatic rings. The lowest BCUT2D eigenvalue weighted by atomic mass is 9.74. The lowest BCUT2D eigenvalue weighted by Crippen LogP contribution is -2.39. The first-order valence-corrected chi connectivity index (χ1v) is 7.30. The Morgan fingerprint density at radius 2 is 1.27 bits per heavy atom. The molecule has 0 rings (SSSR count). The Morgan fingerprint density at radius 3 is 1.64 bits per heavy atom. The predicted molar refractivity (Wildman–Crippen MR) is 79.2 cm³/mol. The quantitative estimate of drug-likeness (QED) is 0.540. The van der Waals surface area contributed by atoms with Gasteiger partial charge in [-0.25, -0.2) is 0 Å². The van der Waals surface area contributed by atoms with Gasteiger partial charge >= 0.3 is 5.97 Å². The summed E-state index contributed by atoms with van der Waals surface area (Å²) in [6.45, 7) is 5.68. The highest BCUT2D eigenvalue weighted by Crippen LogP contribution is 2.34. The van der Waals surface area contributed by atoms with Crippen molar-refractivity contribution in [3.63, 3.8) is 0 Å². The molecule has 0 bridgehead atoms. The summed E-state index contributed by atoms with van der Waals surface area (Å²) in [5, 5.41) is 0. The molecule has 0 saturated heterocycles. The molecule has 0 heterocycles. The zero-order valence-corrected chi connectivity index (χ0v) is 13.7. The first-order valence-electron chi connectivity index (χ1n) is 7.30. The second-order valence-corrected chi connectivity index (χ2v) is 5.68. The number of ketones is 4. The molecule has 0 aliphatic carbocycles. The van der Waals surface area contributed by atoms with Crippen LogP contribution in [0.25, 0.3) is 0 Å². The Labute approximate surface area is 130 Å². The highest BCUT2D eigenvalue weighted by Gasteiger charge is 2.43. The standard InChI is InChI=1S/C16H24O6/c1-5-22-15(21)16(8-12(3)18,9-13(4)19)10-14(20)7-6-11(2)17/h5-10H2,1-4H3. The van der Waals surface area contributed by atoms with Crippen LogP contribution in [-0.2, 0) is 28.7 Å². The molecule has 0 N–H and O–H groups in total. The van der Waals surface area contributed by atoms with Crippen LogP contribution in [0.2, 0.25) is 0 Å². The number of rotatable bonds is 11. The summed E-state index contributed by atoms with van der Waals surface area (Å²) < 4.78 is 4.97. The SMILES string of the molecule is CCOC(=O)C(CC(C)=O)(CC(C)=O)CC(=O)CCC(C)=O. The molecule has 0 fully saturated rings. The van der Waals surface area contributed by atoms with E-state index in [1.165, 1.54) is 20.8 Å². The summed E-state index contributed by atoms with van der Waals surface area (Å²) in [7, 11) is 0. The normalized spacial score (nSPS) is 10.9. The summed E-state index contributed by atoms with van der Waals surface area (Å²) in [4.78, 5) is 58.3. The topological polar surface area (TPSA) is 94.6 Å². The average molecular weight is 312 g/mol. The molecule has 124 valence electrons. The van der Waals surface area contributed by atoms with Gasteiger partial charge in [-0.05, 0) is 27.7 Å². The van der Waals surface area contributed by atoms with Crippen LogP contribution in [0.15, 0.2) is 0 Å². The van der Waals surface area contributed by atoms with Crippen molar-refractivity contribution < 1.29 is 28.7 Å². The van der Waals surface area contributed by atoms with E-state index in [0.29, 0.717) is 0 Å². The van der Waals surface area contributed by atoms with E-state index in [9.17, 15) is 24.0 Å². The Morgan fingerprint density at radius 1 is 0.773 bits per heavy atom. The minimum atomic E-state index is -1.46. The third-order valence-electron chi connectivity index (χ3n) is 3.17. The van der Waals surface area contributed by atoms with Gasteiger partial charge in [-0.15, -0.1) is 0 Å². The minimum absolute atomic E-state index is 0.00764. The number of esters is 1. The van der Waals surface area contributed by atoms with E-state index in [-0.39, 0.29) is 61.8 Å². The Bertz CT molecular complexity index is 447. The van der Waals surface area contributed by atoms with Crippen LogP contribution in [-0.4, -0.2) is 35.7 Å². The maximum absolute atomic E-state index is 12.3. The molecule has 0 saturated carbocycles. The van der Waals surface area contributed by atoms with Gasteiger partial charge in [0.1, 0.15) is 23.1 Å². The van der Waals surface area contributed by atoms with Gasteiger partial charge in [-0.1, -0.05) is 0 Å². The van der Waals surface area contributed by atoms with Crippen molar-refractivity contribution in [2.24, 2.45) is 5.41 Å². The van der Waals surface area contributed by atoms with E-state index in [1.54, 1.807) is 6.92 Å². The largest absolute Gasteiger partial charge is 0.466 e. The zero-order chi connectivity index (χ0) is 17.3. The molecule has 22 heavy (non-hydrogen) atoms. The number of ether oxygens (including phenoxy) is 1. The lowest BCUT2D eigenvalue weighted by molar-refractivity contribution is -0.161. The van der Waals surface area contributed by atoms with E-state index < -0.39 is 11.4 Å². The third-order valence-corrected chi connectivity index (χ3v) is 3.17. The molecule has 0 aromatic heterocycles. The number of Topliss-reactive ketones (excluding diaryl/α,β-unsaturated/α-hetero) is 4. The fourth-order valence-electron chi connectivity index (χ4n) is 2.42. The minimum Gasteiger partial charge on any atom is -0.466 e. The fourth-order valence-corrected chi connectivity index (χ4v) is 2.42. The van der Waals surface area contributed by atoms with Crippen LogP contribution in [0.5, 0.6) is 0 Å². The molecule has 0 unspecified atom stereocenters. The van der Waals surface area contributed by atoms with Crippen LogP contribution >= 0.6 is 0 Å². The van der Waals surface area contributed by atoms with Gasteiger partial charge in [-0.2, -0.15) is 0 Å². The fraction of sp³-hybridized carbons (Fsp3) is 0.688. The van der Waals surface area contributed by atoms with Crippen LogP contribution < -0.4 is 0 Å². The number of hydrogen-bond donors (Lipinski definition) is 0. The van der Waals surface area contributed by atoms with Crippen molar-refractivity contribution in [3.8, 4) is 0 Å². The van der Waals surface area contributed by atoms with Crippen molar-refractivity contribution in [2.45, 2.75) is 59.8 Å². The maximum atomic E-state index is 12.3. The van der Waals surface area contributed by atoms with Crippen molar-refractivity contribution in [2.75, 3.05) is 6.61 Å². The summed E-state index contributed by atoms with van der Waals surface area (Å²) >= 11 is 0. The summed E-state index contributed by atoms with van der Waals surface area (Å²) in [5.74, 6) is -1.77. The molecular weight excluding hydrogens is 288 g/mol. The zero-order valence-electron chi connectivity index (χ0n) is 13.7. The molecule has 0 radical (unpaired) electrons. The first-order chi connectivity index (χ1) is 10.1. The monoisotopic (exact) mass is 312 g/mol. The van der Waals surface area contributed by atoms with Crippen LogP contribution in [0.1, 0.15) is 59.8 Å². The Kier molecular flexibility index (Phi) is 8.45. The molecule has 0 amide bonds. The van der Waals surface area contributed by atoms with Crippen LogP contribution in [0.4, 0.5) is 0 Å². The van der Waals surface area contributed by atoms with Crippen molar-refractivity contribution in [1.82, 2.24) is 0 Å². The summed E-state index contributed by atoms with van der Waals surface area (Å²) in [5.41, 5.74) is -1.46. The van der Waals surface area contributed by atoms with Gasteiger partial charge in [0.2, 0.25) is 0 Å². The Balaban J connectivity index is 5.36. The van der Waals surface area contributed by atoms with Gasteiger partial charge in [0.15, 0.2) is 0 Å². The molecule has 0 aromatic rings. The summed E-state index contributed by atoms with van der Waals surface area (Å²) in [6.07, 6.45) is -0.642. The van der Waals surface area contributed by atoms with Gasteiger partial charge < -0.3 is 9.53 Å². The van der Waals surface area contributed by atoms with Gasteiger partial charge in [0, 0.05) is 32.1 Å². The molecule has 6 nitrogen and oxygen atoms in total. The van der Waals surface area contributed by atoms with Gasteiger partial charge in [-0.3, -0.25) is 19.2 Å². The molecule has 0 aliphatic heterocycles. The number of carbonyl (C=O) groups is 5. The Hall–Kier alpha value is -1.85. The van der Waals surface area contributed by atoms with E-state index in [2.05, 4.69) is 0 Å². The van der Waals surface area contributed by atoms with E-state index in [0.717, 1.165) is 0 Å². The molecule has 0 aromatic carbocycles. The van der Waals surface area contributed by atoms with Crippen LogP contribution in [0, 0.1) is 5.41 Å². The lowest BCUT2D eigenvalue weighted by Gasteiger charge is -2.29. The smallest absolute Gasteiger partial charge is 0.313 e.